The number of piperazine rings is 1. The number of benzene rings is 2. The first-order chi connectivity index (χ1) is 14.8. The van der Waals surface area contributed by atoms with Gasteiger partial charge in [-0.1, -0.05) is 31.5 Å². The van der Waals surface area contributed by atoms with Gasteiger partial charge in [-0.25, -0.2) is 0 Å². The number of nitrogens with one attached hydrogen (secondary N) is 1. The van der Waals surface area contributed by atoms with E-state index in [9.17, 15) is 14.9 Å². The lowest BCUT2D eigenvalue weighted by molar-refractivity contribution is -0.384. The number of non-ortho nitro benzene ring substituents is 1. The number of fused-ring (bicyclic) bond motifs is 3. The fourth-order valence-electron chi connectivity index (χ4n) is 4.65. The molecule has 1 N–H and O–H groups in total. The van der Waals surface area contributed by atoms with Crippen molar-refractivity contribution in [2.24, 2.45) is 11.8 Å². The van der Waals surface area contributed by atoms with Crippen LogP contribution < -0.4 is 15.1 Å². The fourth-order valence-corrected chi connectivity index (χ4v) is 4.65. The summed E-state index contributed by atoms with van der Waals surface area (Å²) < 4.78 is 0. The summed E-state index contributed by atoms with van der Waals surface area (Å²) in [6.07, 6.45) is 0.518. The minimum Gasteiger partial charge on any atom is -0.368 e. The van der Waals surface area contributed by atoms with E-state index in [-0.39, 0.29) is 28.5 Å². The molecule has 2 aliphatic rings. The Morgan fingerprint density at radius 3 is 2.61 bits per heavy atom. The van der Waals surface area contributed by atoms with Gasteiger partial charge < -0.3 is 15.1 Å². The molecule has 4 rings (SSSR count). The fraction of sp³-hybridized carbons (Fsp3) is 0.458. The number of hydrogen-bond acceptors (Lipinski definition) is 5. The summed E-state index contributed by atoms with van der Waals surface area (Å²) in [5, 5.41) is 14.4. The van der Waals surface area contributed by atoms with E-state index in [1.54, 1.807) is 12.1 Å². The van der Waals surface area contributed by atoms with Crippen molar-refractivity contribution in [3.05, 3.63) is 63.7 Å². The topological polar surface area (TPSA) is 78.7 Å². The van der Waals surface area contributed by atoms with Gasteiger partial charge >= 0.3 is 0 Å². The molecule has 31 heavy (non-hydrogen) atoms. The van der Waals surface area contributed by atoms with Crippen molar-refractivity contribution < 1.29 is 9.72 Å². The minimum atomic E-state index is -0.366. The van der Waals surface area contributed by atoms with Crippen molar-refractivity contribution in [2.45, 2.75) is 33.2 Å². The van der Waals surface area contributed by atoms with E-state index in [1.165, 1.54) is 11.3 Å². The second kappa shape index (κ2) is 8.57. The molecule has 0 saturated carbocycles. The van der Waals surface area contributed by atoms with Crippen molar-refractivity contribution in [3.63, 3.8) is 0 Å². The van der Waals surface area contributed by atoms with E-state index in [2.05, 4.69) is 60.2 Å². The van der Waals surface area contributed by atoms with Crippen LogP contribution in [0.5, 0.6) is 0 Å². The molecule has 7 heteroatoms. The molecule has 7 nitrogen and oxygen atoms in total. The molecule has 0 aromatic heterocycles. The van der Waals surface area contributed by atoms with Gasteiger partial charge in [-0.05, 0) is 43.0 Å². The summed E-state index contributed by atoms with van der Waals surface area (Å²) in [5.41, 5.74) is 4.38. The zero-order chi connectivity index (χ0) is 22.1. The largest absolute Gasteiger partial charge is 0.368 e. The summed E-state index contributed by atoms with van der Waals surface area (Å²) in [6, 6.07) is 13.6. The molecule has 0 aliphatic carbocycles. The first-order valence-electron chi connectivity index (χ1n) is 11.0. The van der Waals surface area contributed by atoms with Gasteiger partial charge in [-0.15, -0.1) is 0 Å². The van der Waals surface area contributed by atoms with Crippen LogP contribution >= 0.6 is 0 Å². The quantitative estimate of drug-likeness (QED) is 0.589. The highest BCUT2D eigenvalue weighted by atomic mass is 16.6. The van der Waals surface area contributed by atoms with E-state index >= 15 is 0 Å². The Bertz CT molecular complexity index is 973. The highest BCUT2D eigenvalue weighted by molar-refractivity contribution is 5.82. The van der Waals surface area contributed by atoms with Gasteiger partial charge in [0.2, 0.25) is 5.91 Å². The van der Waals surface area contributed by atoms with Gasteiger partial charge in [0.25, 0.3) is 5.69 Å². The Balaban J connectivity index is 1.65. The van der Waals surface area contributed by atoms with Gasteiger partial charge in [0.05, 0.1) is 16.9 Å². The maximum atomic E-state index is 13.2. The monoisotopic (exact) mass is 422 g/mol. The molecule has 1 saturated heterocycles. The third-order valence-electron chi connectivity index (χ3n) is 6.33. The Labute approximate surface area is 183 Å². The number of amides is 1. The number of carbonyl (C=O) groups excluding carboxylic acids is 1. The summed E-state index contributed by atoms with van der Waals surface area (Å²) >= 11 is 0. The van der Waals surface area contributed by atoms with Crippen molar-refractivity contribution in [2.75, 3.05) is 36.0 Å². The van der Waals surface area contributed by atoms with Crippen molar-refractivity contribution >= 4 is 23.0 Å². The van der Waals surface area contributed by atoms with E-state index < -0.39 is 0 Å². The highest BCUT2D eigenvalue weighted by Gasteiger charge is 2.42. The molecule has 1 amide bonds. The average Bonchev–Trinajstić information content (AvgIpc) is 2.76. The smallest absolute Gasteiger partial charge is 0.269 e. The molecule has 1 fully saturated rings. The zero-order valence-corrected chi connectivity index (χ0v) is 18.4. The Hall–Kier alpha value is -3.09. The van der Waals surface area contributed by atoms with Crippen LogP contribution in [0.15, 0.2) is 42.5 Å². The number of hydrogen-bond donors (Lipinski definition) is 1. The maximum absolute atomic E-state index is 13.2. The Morgan fingerprint density at radius 1 is 1.19 bits per heavy atom. The van der Waals surface area contributed by atoms with Crippen LogP contribution in [0.25, 0.3) is 0 Å². The molecule has 2 heterocycles. The molecule has 2 unspecified atom stereocenters. The molecule has 2 aromatic rings. The molecule has 2 aliphatic heterocycles. The molecular weight excluding hydrogens is 392 g/mol. The molecule has 2 atom stereocenters. The van der Waals surface area contributed by atoms with E-state index in [0.717, 1.165) is 30.9 Å². The normalized spacial score (nSPS) is 20.3. The molecule has 0 bridgehead atoms. The molecule has 0 spiro atoms. The van der Waals surface area contributed by atoms with E-state index in [1.807, 2.05) is 6.07 Å². The van der Waals surface area contributed by atoms with Crippen LogP contribution in [-0.2, 0) is 11.2 Å². The van der Waals surface area contributed by atoms with Crippen molar-refractivity contribution in [3.8, 4) is 0 Å². The number of nitrogens with zero attached hydrogens (tertiary/aromatic N) is 3. The van der Waals surface area contributed by atoms with Crippen molar-refractivity contribution in [1.82, 2.24) is 5.32 Å². The van der Waals surface area contributed by atoms with Gasteiger partial charge in [0, 0.05) is 49.7 Å². The molecule has 2 aromatic carbocycles. The number of nitro groups is 1. The van der Waals surface area contributed by atoms with E-state index in [0.29, 0.717) is 18.9 Å². The second-order valence-corrected chi connectivity index (χ2v) is 9.06. The van der Waals surface area contributed by atoms with Crippen LogP contribution in [0.2, 0.25) is 0 Å². The summed E-state index contributed by atoms with van der Waals surface area (Å²) in [6.45, 7) is 9.23. The van der Waals surface area contributed by atoms with Crippen LogP contribution in [0.3, 0.4) is 0 Å². The first kappa shape index (κ1) is 21.2. The standard InChI is InChI=1S/C24H30N4O3/c1-16(2)14-25-24(29)21-13-18-12-20(28(30)31)8-9-22(18)27-11-10-26(15-23(21)27)19-6-4-17(3)5-7-19/h4-9,12,16,21,23H,10-11,13-15H2,1-3H3,(H,25,29). The van der Waals surface area contributed by atoms with Gasteiger partial charge in [-0.2, -0.15) is 0 Å². The lowest BCUT2D eigenvalue weighted by atomic mass is 9.83. The summed E-state index contributed by atoms with van der Waals surface area (Å²) in [7, 11) is 0. The summed E-state index contributed by atoms with van der Waals surface area (Å²) in [5.74, 6) is 0.153. The predicted octanol–water partition coefficient (Wildman–Crippen LogP) is 3.54. The second-order valence-electron chi connectivity index (χ2n) is 9.06. The number of nitro benzene ring substituents is 1. The van der Waals surface area contributed by atoms with Crippen LogP contribution in [-0.4, -0.2) is 43.1 Å². The number of carbonyl (C=O) groups is 1. The van der Waals surface area contributed by atoms with Crippen LogP contribution in [0, 0.1) is 28.9 Å². The van der Waals surface area contributed by atoms with Crippen LogP contribution in [0.4, 0.5) is 17.1 Å². The average molecular weight is 423 g/mol. The van der Waals surface area contributed by atoms with Gasteiger partial charge in [0.15, 0.2) is 0 Å². The highest BCUT2D eigenvalue weighted by Crippen LogP contribution is 2.38. The van der Waals surface area contributed by atoms with Gasteiger partial charge in [-0.3, -0.25) is 14.9 Å². The van der Waals surface area contributed by atoms with Gasteiger partial charge in [0.1, 0.15) is 0 Å². The summed E-state index contributed by atoms with van der Waals surface area (Å²) in [4.78, 5) is 28.7. The number of rotatable bonds is 5. The third-order valence-corrected chi connectivity index (χ3v) is 6.33. The Kier molecular flexibility index (Phi) is 5.85. The maximum Gasteiger partial charge on any atom is 0.269 e. The van der Waals surface area contributed by atoms with Crippen molar-refractivity contribution in [1.29, 1.82) is 0 Å². The van der Waals surface area contributed by atoms with E-state index in [4.69, 9.17) is 0 Å². The number of aryl methyl sites for hydroxylation is 1. The lowest BCUT2D eigenvalue weighted by Crippen LogP contribution is -2.61. The SMILES string of the molecule is Cc1ccc(N2CCN3c4ccc([N+](=O)[O-])cc4CC(C(=O)NCC(C)C)C3C2)cc1. The first-order valence-corrected chi connectivity index (χ1v) is 11.0. The predicted molar refractivity (Wildman–Crippen MR) is 123 cm³/mol. The lowest BCUT2D eigenvalue weighted by Gasteiger charge is -2.49. The third kappa shape index (κ3) is 4.36. The molecule has 0 radical (unpaired) electrons. The number of anilines is 2. The molecule has 164 valence electrons. The Morgan fingerprint density at radius 2 is 1.94 bits per heavy atom. The zero-order valence-electron chi connectivity index (χ0n) is 18.4. The molecular formula is C24H30N4O3. The van der Waals surface area contributed by atoms with Crippen LogP contribution in [0.1, 0.15) is 25.0 Å². The minimum absolute atomic E-state index is 0.0242.